The molecule has 3 heterocycles. The number of para-hydroxylation sites is 1. The molecule has 0 spiro atoms. The number of nitrogens with zero attached hydrogens (tertiary/aromatic N) is 3. The molecular formula is C25H23N3O4. The standard InChI is InChI=1S/C25H23N3O4/c1-17-8-7-11-19-21(18-9-3-2-4-10-18)28-16-26(13-5-6-15-32-24(17)19)25(31)22-23(30)20(29)12-14-27(22)28/h2-12,14,21,30H,13,15-16H2,1H3/b6-5-/t21-/m1/s1. The summed E-state index contributed by atoms with van der Waals surface area (Å²) in [7, 11) is 0. The fourth-order valence-corrected chi connectivity index (χ4v) is 4.37. The maximum Gasteiger partial charge on any atom is 0.278 e. The third kappa shape index (κ3) is 3.22. The Hall–Kier alpha value is -4.00. The van der Waals surface area contributed by atoms with Crippen LogP contribution in [0.25, 0.3) is 0 Å². The van der Waals surface area contributed by atoms with Gasteiger partial charge in [0.05, 0.1) is 0 Å². The zero-order valence-electron chi connectivity index (χ0n) is 17.6. The average Bonchev–Trinajstić information content (AvgIpc) is 2.83. The summed E-state index contributed by atoms with van der Waals surface area (Å²) in [5, 5.41) is 12.5. The Bertz CT molecular complexity index is 1270. The Morgan fingerprint density at radius 1 is 1.00 bits per heavy atom. The second-order valence-electron chi connectivity index (χ2n) is 7.92. The van der Waals surface area contributed by atoms with Gasteiger partial charge in [-0.3, -0.25) is 19.3 Å². The molecular weight excluding hydrogens is 406 g/mol. The quantitative estimate of drug-likeness (QED) is 0.602. The molecule has 7 nitrogen and oxygen atoms in total. The number of benzene rings is 2. The van der Waals surface area contributed by atoms with Gasteiger partial charge in [-0.05, 0) is 24.1 Å². The lowest BCUT2D eigenvalue weighted by Crippen LogP contribution is -2.55. The summed E-state index contributed by atoms with van der Waals surface area (Å²) in [5.74, 6) is -0.153. The summed E-state index contributed by atoms with van der Waals surface area (Å²) in [5.41, 5.74) is 2.32. The van der Waals surface area contributed by atoms with Gasteiger partial charge in [-0.25, -0.2) is 0 Å². The number of hydrogen-bond donors (Lipinski definition) is 1. The van der Waals surface area contributed by atoms with Gasteiger partial charge >= 0.3 is 0 Å². The summed E-state index contributed by atoms with van der Waals surface area (Å²) in [6, 6.07) is 16.9. The molecule has 2 aliphatic heterocycles. The van der Waals surface area contributed by atoms with Crippen LogP contribution in [0.3, 0.4) is 0 Å². The molecule has 0 saturated carbocycles. The number of carbonyl (C=O) groups excluding carboxylic acids is 1. The van der Waals surface area contributed by atoms with Crippen molar-refractivity contribution in [3.05, 3.63) is 106 Å². The molecule has 2 aliphatic rings. The first-order chi connectivity index (χ1) is 15.6. The van der Waals surface area contributed by atoms with E-state index in [1.807, 2.05) is 72.6 Å². The fourth-order valence-electron chi connectivity index (χ4n) is 4.37. The summed E-state index contributed by atoms with van der Waals surface area (Å²) in [4.78, 5) is 27.0. The minimum atomic E-state index is -0.581. The number of hydrogen-bond acceptors (Lipinski definition) is 5. The number of aryl methyl sites for hydroxylation is 1. The zero-order valence-corrected chi connectivity index (χ0v) is 17.6. The topological polar surface area (TPSA) is 75.0 Å². The van der Waals surface area contributed by atoms with Gasteiger partial charge in [0.1, 0.15) is 25.1 Å². The molecule has 0 aliphatic carbocycles. The van der Waals surface area contributed by atoms with Crippen LogP contribution < -0.4 is 15.2 Å². The van der Waals surface area contributed by atoms with Crippen molar-refractivity contribution in [3.63, 3.8) is 0 Å². The van der Waals surface area contributed by atoms with Crippen LogP contribution in [0.2, 0.25) is 0 Å². The van der Waals surface area contributed by atoms with Crippen molar-refractivity contribution in [1.82, 2.24) is 9.58 Å². The van der Waals surface area contributed by atoms with Gasteiger partial charge in [0.2, 0.25) is 5.43 Å². The van der Waals surface area contributed by atoms with E-state index in [-0.39, 0.29) is 18.4 Å². The molecule has 0 radical (unpaired) electrons. The van der Waals surface area contributed by atoms with Crippen molar-refractivity contribution >= 4 is 5.91 Å². The smallest absolute Gasteiger partial charge is 0.278 e. The molecule has 0 fully saturated rings. The molecule has 7 heteroatoms. The molecule has 1 N–H and O–H groups in total. The van der Waals surface area contributed by atoms with E-state index in [1.165, 1.54) is 6.07 Å². The number of aromatic hydroxyl groups is 1. The Morgan fingerprint density at radius 2 is 1.81 bits per heavy atom. The molecule has 162 valence electrons. The van der Waals surface area contributed by atoms with Crippen molar-refractivity contribution in [3.8, 4) is 11.5 Å². The lowest BCUT2D eigenvalue weighted by Gasteiger charge is -2.44. The first-order valence-corrected chi connectivity index (χ1v) is 10.5. The lowest BCUT2D eigenvalue weighted by molar-refractivity contribution is 0.0701. The highest BCUT2D eigenvalue weighted by Gasteiger charge is 2.37. The van der Waals surface area contributed by atoms with E-state index >= 15 is 0 Å². The second-order valence-corrected chi connectivity index (χ2v) is 7.92. The van der Waals surface area contributed by atoms with Gasteiger partial charge in [0.25, 0.3) is 5.91 Å². The molecule has 0 unspecified atom stereocenters. The van der Waals surface area contributed by atoms with Crippen molar-refractivity contribution in [1.29, 1.82) is 0 Å². The summed E-state index contributed by atoms with van der Waals surface area (Å²) in [6.07, 6.45) is 5.29. The van der Waals surface area contributed by atoms with Gasteiger partial charge < -0.3 is 14.7 Å². The monoisotopic (exact) mass is 429 g/mol. The van der Waals surface area contributed by atoms with Crippen LogP contribution in [0.1, 0.15) is 33.2 Å². The molecule has 1 atom stereocenters. The van der Waals surface area contributed by atoms with E-state index in [1.54, 1.807) is 15.8 Å². The highest BCUT2D eigenvalue weighted by molar-refractivity contribution is 5.96. The summed E-state index contributed by atoms with van der Waals surface area (Å²) in [6.45, 7) is 2.98. The zero-order chi connectivity index (χ0) is 22.2. The van der Waals surface area contributed by atoms with Crippen molar-refractivity contribution in [2.75, 3.05) is 24.8 Å². The molecule has 0 saturated heterocycles. The molecule has 32 heavy (non-hydrogen) atoms. The van der Waals surface area contributed by atoms with Gasteiger partial charge in [-0.1, -0.05) is 54.6 Å². The predicted molar refractivity (Wildman–Crippen MR) is 121 cm³/mol. The molecule has 3 aromatic rings. The number of rotatable bonds is 1. The minimum absolute atomic E-state index is 0.0348. The maximum absolute atomic E-state index is 13.2. The van der Waals surface area contributed by atoms with Crippen molar-refractivity contribution < 1.29 is 14.6 Å². The van der Waals surface area contributed by atoms with E-state index in [9.17, 15) is 14.7 Å². The Morgan fingerprint density at radius 3 is 2.62 bits per heavy atom. The highest BCUT2D eigenvalue weighted by atomic mass is 16.5. The third-order valence-electron chi connectivity index (χ3n) is 5.90. The molecule has 1 aromatic heterocycles. The molecule has 2 aromatic carbocycles. The Labute approximate surface area is 185 Å². The van der Waals surface area contributed by atoms with E-state index in [4.69, 9.17) is 4.74 Å². The minimum Gasteiger partial charge on any atom is -0.502 e. The van der Waals surface area contributed by atoms with Crippen LogP contribution in [-0.2, 0) is 0 Å². The predicted octanol–water partition coefficient (Wildman–Crippen LogP) is 2.95. The second kappa shape index (κ2) is 7.92. The Kier molecular flexibility index (Phi) is 4.93. The number of amides is 1. The summed E-state index contributed by atoms with van der Waals surface area (Å²) < 4.78 is 7.78. The van der Waals surface area contributed by atoms with Crippen molar-refractivity contribution in [2.45, 2.75) is 13.0 Å². The largest absolute Gasteiger partial charge is 0.502 e. The van der Waals surface area contributed by atoms with E-state index in [0.29, 0.717) is 13.2 Å². The van der Waals surface area contributed by atoms with Crippen LogP contribution in [-0.4, -0.2) is 40.4 Å². The van der Waals surface area contributed by atoms with Crippen LogP contribution in [0.4, 0.5) is 0 Å². The number of aromatic nitrogens is 1. The number of fused-ring (bicyclic) bond motifs is 5. The van der Waals surface area contributed by atoms with Gasteiger partial charge in [0.15, 0.2) is 11.4 Å². The molecule has 5 rings (SSSR count). The first-order valence-electron chi connectivity index (χ1n) is 10.5. The Balaban J connectivity index is 1.82. The van der Waals surface area contributed by atoms with Crippen LogP contribution in [0, 0.1) is 6.92 Å². The summed E-state index contributed by atoms with van der Waals surface area (Å²) >= 11 is 0. The first kappa shape index (κ1) is 19.9. The fraction of sp³-hybridized carbons (Fsp3) is 0.200. The van der Waals surface area contributed by atoms with Crippen molar-refractivity contribution in [2.24, 2.45) is 0 Å². The molecule has 1 amide bonds. The third-order valence-corrected chi connectivity index (χ3v) is 5.90. The average molecular weight is 429 g/mol. The number of ether oxygens (including phenoxy) is 1. The van der Waals surface area contributed by atoms with Crippen LogP contribution >= 0.6 is 0 Å². The van der Waals surface area contributed by atoms with E-state index in [2.05, 4.69) is 0 Å². The van der Waals surface area contributed by atoms with Crippen LogP contribution in [0.5, 0.6) is 11.5 Å². The lowest BCUT2D eigenvalue weighted by atomic mass is 9.95. The normalized spacial score (nSPS) is 18.8. The van der Waals surface area contributed by atoms with Gasteiger partial charge in [-0.15, -0.1) is 0 Å². The maximum atomic E-state index is 13.2. The van der Waals surface area contributed by atoms with E-state index in [0.717, 1.165) is 22.4 Å². The van der Waals surface area contributed by atoms with Gasteiger partial charge in [-0.2, -0.15) is 0 Å². The number of carbonyl (C=O) groups is 1. The number of pyridine rings is 1. The van der Waals surface area contributed by atoms with Gasteiger partial charge in [0, 0.05) is 24.4 Å². The molecule has 2 bridgehead atoms. The SMILES string of the molecule is Cc1cccc2c1OC/C=C\CN1CN([C@@H]2c2ccccc2)n2ccc(=O)c(O)c2C1=O. The van der Waals surface area contributed by atoms with Crippen LogP contribution in [0.15, 0.2) is 77.7 Å². The van der Waals surface area contributed by atoms with E-state index < -0.39 is 17.1 Å². The highest BCUT2D eigenvalue weighted by Crippen LogP contribution is 2.38.